The van der Waals surface area contributed by atoms with E-state index in [4.69, 9.17) is 5.11 Å². The fraction of sp³-hybridized carbons (Fsp3) is 0.714. The average Bonchev–Trinajstić information content (AvgIpc) is 1.83. The molecule has 0 rings (SSSR count). The van der Waals surface area contributed by atoms with E-state index in [2.05, 4.69) is 13.0 Å². The van der Waals surface area contributed by atoms with E-state index in [1.165, 1.54) is 5.57 Å². The number of aliphatic hydroxyl groups excluding tert-OH is 1. The second-order valence-electron chi connectivity index (χ2n) is 1.77. The van der Waals surface area contributed by atoms with Crippen LogP contribution in [0.4, 0.5) is 0 Å². The molecule has 0 aliphatic rings. The van der Waals surface area contributed by atoms with Crippen LogP contribution in [0.5, 0.6) is 0 Å². The minimum atomic E-state index is 0.285. The highest BCUT2D eigenvalue weighted by atomic mass is 16.2. The predicted molar refractivity (Wildman–Crippen MR) is 35.8 cm³/mol. The Morgan fingerprint density at radius 1 is 1.62 bits per heavy atom. The van der Waals surface area contributed by atoms with Gasteiger partial charge in [-0.3, -0.25) is 0 Å². The van der Waals surface area contributed by atoms with E-state index in [0.29, 0.717) is 0 Å². The molecule has 0 unspecified atom stereocenters. The zero-order chi connectivity index (χ0) is 6.41. The first-order valence-corrected chi connectivity index (χ1v) is 3.10. The lowest BCUT2D eigenvalue weighted by molar-refractivity contribution is 0.298. The summed E-state index contributed by atoms with van der Waals surface area (Å²) in [6.45, 7) is 4.40. The molecule has 0 aromatic heterocycles. The average molecular weight is 114 g/mol. The first kappa shape index (κ1) is 7.70. The van der Waals surface area contributed by atoms with Crippen LogP contribution in [-0.4, -0.2) is 11.7 Å². The van der Waals surface area contributed by atoms with Crippen LogP contribution in [0.15, 0.2) is 11.6 Å². The van der Waals surface area contributed by atoms with Gasteiger partial charge in [0.1, 0.15) is 0 Å². The molecule has 1 nitrogen and oxygen atoms in total. The summed E-state index contributed by atoms with van der Waals surface area (Å²) in [6.07, 6.45) is 3.97. The first-order chi connectivity index (χ1) is 3.85. The molecule has 8 heavy (non-hydrogen) atoms. The largest absolute Gasteiger partial charge is 0.396 e. The Morgan fingerprint density at radius 3 is 2.38 bits per heavy atom. The Labute approximate surface area is 51.0 Å². The lowest BCUT2D eigenvalue weighted by atomic mass is 10.1. The van der Waals surface area contributed by atoms with Gasteiger partial charge in [-0.25, -0.2) is 0 Å². The topological polar surface area (TPSA) is 20.2 Å². The molecule has 1 heteroatoms. The summed E-state index contributed by atoms with van der Waals surface area (Å²) in [7, 11) is 0. The Hall–Kier alpha value is -0.300. The molecule has 0 spiro atoms. The van der Waals surface area contributed by atoms with Crippen LogP contribution in [0.3, 0.4) is 0 Å². The Balaban J connectivity index is 3.38. The summed E-state index contributed by atoms with van der Waals surface area (Å²) in [6, 6.07) is 0. The van der Waals surface area contributed by atoms with Crippen LogP contribution >= 0.6 is 0 Å². The molecule has 0 fully saturated rings. The van der Waals surface area contributed by atoms with Gasteiger partial charge in [-0.05, 0) is 19.8 Å². The zero-order valence-corrected chi connectivity index (χ0v) is 5.65. The summed E-state index contributed by atoms with van der Waals surface area (Å²) < 4.78 is 0. The Kier molecular flexibility index (Phi) is 4.67. The highest BCUT2D eigenvalue weighted by Crippen LogP contribution is 2.03. The molecule has 0 aromatic rings. The fourth-order valence-electron chi connectivity index (χ4n) is 0.669. The maximum absolute atomic E-state index is 8.46. The number of rotatable bonds is 3. The highest BCUT2D eigenvalue weighted by molar-refractivity contribution is 4.98. The first-order valence-electron chi connectivity index (χ1n) is 3.10. The summed E-state index contributed by atoms with van der Waals surface area (Å²) in [5, 5.41) is 8.46. The molecule has 0 heterocycles. The third-order valence-corrected chi connectivity index (χ3v) is 1.30. The molecule has 1 N–H and O–H groups in total. The van der Waals surface area contributed by atoms with Crippen molar-refractivity contribution in [1.82, 2.24) is 0 Å². The molecule has 0 saturated carbocycles. The van der Waals surface area contributed by atoms with Crippen molar-refractivity contribution in [1.29, 1.82) is 0 Å². The van der Waals surface area contributed by atoms with Crippen molar-refractivity contribution in [2.75, 3.05) is 6.61 Å². The summed E-state index contributed by atoms with van der Waals surface area (Å²) in [4.78, 5) is 0. The highest BCUT2D eigenvalue weighted by Gasteiger charge is 1.87. The second-order valence-corrected chi connectivity index (χ2v) is 1.77. The van der Waals surface area contributed by atoms with Gasteiger partial charge in [-0.15, -0.1) is 0 Å². The molecule has 0 radical (unpaired) electrons. The minimum Gasteiger partial charge on any atom is -0.396 e. The lowest BCUT2D eigenvalue weighted by Gasteiger charge is -1.96. The minimum absolute atomic E-state index is 0.285. The van der Waals surface area contributed by atoms with E-state index < -0.39 is 0 Å². The van der Waals surface area contributed by atoms with E-state index in [-0.39, 0.29) is 6.61 Å². The maximum Gasteiger partial charge on any atom is 0.0468 e. The van der Waals surface area contributed by atoms with Crippen LogP contribution in [0.1, 0.15) is 26.7 Å². The van der Waals surface area contributed by atoms with Gasteiger partial charge in [-0.1, -0.05) is 18.6 Å². The molecular weight excluding hydrogens is 100 g/mol. The number of allylic oxidation sites excluding steroid dienone is 1. The normalized spacial score (nSPS) is 12.1. The number of aliphatic hydroxyl groups is 1. The van der Waals surface area contributed by atoms with E-state index in [1.54, 1.807) is 0 Å². The summed E-state index contributed by atoms with van der Waals surface area (Å²) in [5.41, 5.74) is 1.34. The van der Waals surface area contributed by atoms with E-state index in [9.17, 15) is 0 Å². The summed E-state index contributed by atoms with van der Waals surface area (Å²) in [5.74, 6) is 0. The second kappa shape index (κ2) is 4.85. The lowest BCUT2D eigenvalue weighted by Crippen LogP contribution is -1.85. The van der Waals surface area contributed by atoms with Gasteiger partial charge in [0.2, 0.25) is 0 Å². The van der Waals surface area contributed by atoms with E-state index in [1.807, 2.05) is 6.92 Å². The predicted octanol–water partition coefficient (Wildman–Crippen LogP) is 1.73. The molecule has 48 valence electrons. The standard InChI is InChI=1S/C7H14O/c1-3-7(4-2)5-6-8/h3,8H,4-6H2,1-2H3/b7-3+. The van der Waals surface area contributed by atoms with E-state index in [0.717, 1.165) is 12.8 Å². The zero-order valence-electron chi connectivity index (χ0n) is 5.65. The quantitative estimate of drug-likeness (QED) is 0.554. The van der Waals surface area contributed by atoms with Crippen LogP contribution in [0.25, 0.3) is 0 Å². The van der Waals surface area contributed by atoms with Crippen molar-refractivity contribution in [3.63, 3.8) is 0 Å². The Bertz CT molecular complexity index is 74.5. The molecule has 0 aliphatic carbocycles. The molecular formula is C7H14O. The Morgan fingerprint density at radius 2 is 2.25 bits per heavy atom. The van der Waals surface area contributed by atoms with Gasteiger partial charge < -0.3 is 5.11 Å². The molecule has 0 amide bonds. The van der Waals surface area contributed by atoms with Crippen LogP contribution in [-0.2, 0) is 0 Å². The van der Waals surface area contributed by atoms with Gasteiger partial charge >= 0.3 is 0 Å². The van der Waals surface area contributed by atoms with Crippen molar-refractivity contribution in [2.45, 2.75) is 26.7 Å². The molecule has 0 bridgehead atoms. The smallest absolute Gasteiger partial charge is 0.0468 e. The van der Waals surface area contributed by atoms with Gasteiger partial charge in [0.25, 0.3) is 0 Å². The molecule has 0 aromatic carbocycles. The van der Waals surface area contributed by atoms with Crippen molar-refractivity contribution in [3.8, 4) is 0 Å². The van der Waals surface area contributed by atoms with Crippen LogP contribution < -0.4 is 0 Å². The fourth-order valence-corrected chi connectivity index (χ4v) is 0.669. The van der Waals surface area contributed by atoms with Crippen molar-refractivity contribution in [2.24, 2.45) is 0 Å². The van der Waals surface area contributed by atoms with Crippen molar-refractivity contribution < 1.29 is 5.11 Å². The molecule has 0 atom stereocenters. The number of hydrogen-bond acceptors (Lipinski definition) is 1. The van der Waals surface area contributed by atoms with Gasteiger partial charge in [0.05, 0.1) is 0 Å². The van der Waals surface area contributed by atoms with Gasteiger partial charge in [-0.2, -0.15) is 0 Å². The molecule has 0 aliphatic heterocycles. The number of hydrogen-bond donors (Lipinski definition) is 1. The third kappa shape index (κ3) is 2.80. The van der Waals surface area contributed by atoms with Crippen LogP contribution in [0.2, 0.25) is 0 Å². The maximum atomic E-state index is 8.46. The monoisotopic (exact) mass is 114 g/mol. The molecule has 0 saturated heterocycles. The SMILES string of the molecule is C/C=C(\CC)CCO. The van der Waals surface area contributed by atoms with Crippen molar-refractivity contribution >= 4 is 0 Å². The van der Waals surface area contributed by atoms with E-state index >= 15 is 0 Å². The van der Waals surface area contributed by atoms with Gasteiger partial charge in [0, 0.05) is 6.61 Å². The van der Waals surface area contributed by atoms with Crippen molar-refractivity contribution in [3.05, 3.63) is 11.6 Å². The summed E-state index contributed by atoms with van der Waals surface area (Å²) >= 11 is 0. The van der Waals surface area contributed by atoms with Crippen LogP contribution in [0, 0.1) is 0 Å². The van der Waals surface area contributed by atoms with Gasteiger partial charge in [0.15, 0.2) is 0 Å². The third-order valence-electron chi connectivity index (χ3n) is 1.30.